The third-order valence-corrected chi connectivity index (χ3v) is 5.73. The van der Waals surface area contributed by atoms with Gasteiger partial charge in [-0.25, -0.2) is 0 Å². The molecule has 0 unspecified atom stereocenters. The molecule has 0 spiro atoms. The van der Waals surface area contributed by atoms with Crippen LogP contribution in [0.5, 0.6) is 0 Å². The monoisotopic (exact) mass is 355 g/mol. The number of nitrogens with zero attached hydrogens (tertiary/aromatic N) is 1. The summed E-state index contributed by atoms with van der Waals surface area (Å²) in [5.74, 6) is 7.98. The molecule has 1 nitrogen and oxygen atoms in total. The quantitative estimate of drug-likeness (QED) is 0.572. The van der Waals surface area contributed by atoms with E-state index in [1.54, 1.807) is 0 Å². The van der Waals surface area contributed by atoms with Crippen LogP contribution in [0.1, 0.15) is 79.2 Å². The predicted octanol–water partition coefficient (Wildman–Crippen LogP) is 6.53. The van der Waals surface area contributed by atoms with Gasteiger partial charge in [-0.2, -0.15) is 5.26 Å². The Kier molecular flexibility index (Phi) is 6.73. The zero-order chi connectivity index (χ0) is 19.1. The number of hydrogen-bond acceptors (Lipinski definition) is 1. The van der Waals surface area contributed by atoms with Crippen LogP contribution in [0.3, 0.4) is 0 Å². The van der Waals surface area contributed by atoms with Crippen molar-refractivity contribution < 1.29 is 0 Å². The second kappa shape index (κ2) is 9.43. The largest absolute Gasteiger partial charge is 0.192 e. The summed E-state index contributed by atoms with van der Waals surface area (Å²) in [4.78, 5) is 0. The van der Waals surface area contributed by atoms with Crippen molar-refractivity contribution in [2.24, 2.45) is 5.92 Å². The molecule has 2 aromatic carbocycles. The SMILES string of the molecule is CCCCc1ccc(C#CC2CCC(c3ccc(C)cc3)CC2)cc1C#N. The third-order valence-electron chi connectivity index (χ3n) is 5.73. The molecule has 1 saturated carbocycles. The minimum atomic E-state index is 0.483. The first kappa shape index (κ1) is 19.3. The fourth-order valence-electron chi connectivity index (χ4n) is 3.94. The second-order valence-electron chi connectivity index (χ2n) is 7.82. The number of unbranched alkanes of at least 4 members (excludes halogenated alkanes) is 1. The van der Waals surface area contributed by atoms with Crippen LogP contribution in [0.4, 0.5) is 0 Å². The van der Waals surface area contributed by atoms with Crippen molar-refractivity contribution >= 4 is 0 Å². The van der Waals surface area contributed by atoms with Crippen LogP contribution in [0, 0.1) is 36.0 Å². The van der Waals surface area contributed by atoms with Gasteiger partial charge in [0, 0.05) is 11.5 Å². The van der Waals surface area contributed by atoms with Gasteiger partial charge in [-0.1, -0.05) is 61.1 Å². The Morgan fingerprint density at radius 3 is 2.41 bits per heavy atom. The Morgan fingerprint density at radius 1 is 1.00 bits per heavy atom. The van der Waals surface area contributed by atoms with Crippen molar-refractivity contribution in [3.8, 4) is 17.9 Å². The maximum atomic E-state index is 9.42. The lowest BCUT2D eigenvalue weighted by molar-refractivity contribution is 0.384. The molecule has 3 rings (SSSR count). The van der Waals surface area contributed by atoms with Gasteiger partial charge in [0.2, 0.25) is 0 Å². The first-order valence-corrected chi connectivity index (χ1v) is 10.3. The van der Waals surface area contributed by atoms with Gasteiger partial charge in [0.15, 0.2) is 0 Å². The topological polar surface area (TPSA) is 23.8 Å². The van der Waals surface area contributed by atoms with E-state index in [1.165, 1.54) is 36.8 Å². The zero-order valence-electron chi connectivity index (χ0n) is 16.6. The van der Waals surface area contributed by atoms with Gasteiger partial charge in [0.05, 0.1) is 11.6 Å². The number of hydrogen-bond donors (Lipinski definition) is 0. The summed E-state index contributed by atoms with van der Waals surface area (Å²) >= 11 is 0. The van der Waals surface area contributed by atoms with Crippen LogP contribution >= 0.6 is 0 Å². The van der Waals surface area contributed by atoms with Crippen molar-refractivity contribution in [2.75, 3.05) is 0 Å². The number of rotatable bonds is 4. The first-order chi connectivity index (χ1) is 13.2. The van der Waals surface area contributed by atoms with Crippen molar-refractivity contribution in [3.63, 3.8) is 0 Å². The third kappa shape index (κ3) is 5.24. The highest BCUT2D eigenvalue weighted by molar-refractivity contribution is 5.46. The van der Waals surface area contributed by atoms with Crippen LogP contribution < -0.4 is 0 Å². The van der Waals surface area contributed by atoms with E-state index < -0.39 is 0 Å². The van der Waals surface area contributed by atoms with Crippen molar-refractivity contribution in [1.82, 2.24) is 0 Å². The van der Waals surface area contributed by atoms with E-state index in [2.05, 4.69) is 68.2 Å². The number of nitriles is 1. The lowest BCUT2D eigenvalue weighted by Gasteiger charge is -2.26. The maximum absolute atomic E-state index is 9.42. The summed E-state index contributed by atoms with van der Waals surface area (Å²) in [6.07, 6.45) is 8.05. The molecule has 0 bridgehead atoms. The minimum Gasteiger partial charge on any atom is -0.192 e. The fourth-order valence-corrected chi connectivity index (χ4v) is 3.94. The molecule has 1 aliphatic rings. The molecule has 0 saturated heterocycles. The Bertz CT molecular complexity index is 850. The Balaban J connectivity index is 1.60. The van der Waals surface area contributed by atoms with Gasteiger partial charge >= 0.3 is 0 Å². The van der Waals surface area contributed by atoms with Gasteiger partial charge < -0.3 is 0 Å². The summed E-state index contributed by atoms with van der Waals surface area (Å²) in [5, 5.41) is 9.42. The normalized spacial score (nSPS) is 19.0. The highest BCUT2D eigenvalue weighted by atomic mass is 14.3. The lowest BCUT2D eigenvalue weighted by atomic mass is 9.79. The molecule has 0 amide bonds. The van der Waals surface area contributed by atoms with Crippen LogP contribution in [0.2, 0.25) is 0 Å². The van der Waals surface area contributed by atoms with E-state index in [4.69, 9.17) is 0 Å². The molecule has 1 fully saturated rings. The summed E-state index contributed by atoms with van der Waals surface area (Å²) < 4.78 is 0. The summed E-state index contributed by atoms with van der Waals surface area (Å²) in [6, 6.07) is 17.5. The molecule has 0 aromatic heterocycles. The van der Waals surface area contributed by atoms with Gasteiger partial charge in [-0.3, -0.25) is 0 Å². The van der Waals surface area contributed by atoms with E-state index in [1.807, 2.05) is 6.07 Å². The number of aryl methyl sites for hydroxylation is 2. The standard InChI is InChI=1S/C26H29N/c1-3-4-5-23-17-12-22(18-26(23)19-27)9-8-21-10-15-25(16-11-21)24-13-6-20(2)7-14-24/h6-7,12-14,17-18,21,25H,3-5,10-11,15-16H2,1-2H3. The van der Waals surface area contributed by atoms with Gasteiger partial charge in [0.1, 0.15) is 0 Å². The van der Waals surface area contributed by atoms with E-state index >= 15 is 0 Å². The van der Waals surface area contributed by atoms with E-state index in [0.717, 1.165) is 36.0 Å². The molecule has 0 atom stereocenters. The smallest absolute Gasteiger partial charge is 0.0994 e. The maximum Gasteiger partial charge on any atom is 0.0994 e. The predicted molar refractivity (Wildman–Crippen MR) is 113 cm³/mol. The summed E-state index contributed by atoms with van der Waals surface area (Å²) in [6.45, 7) is 4.32. The van der Waals surface area contributed by atoms with Gasteiger partial charge in [-0.15, -0.1) is 0 Å². The average molecular weight is 356 g/mol. The highest BCUT2D eigenvalue weighted by Gasteiger charge is 2.21. The molecule has 1 aliphatic carbocycles. The minimum absolute atomic E-state index is 0.483. The zero-order valence-corrected chi connectivity index (χ0v) is 16.6. The second-order valence-corrected chi connectivity index (χ2v) is 7.82. The Hall–Kier alpha value is -2.51. The van der Waals surface area contributed by atoms with Gasteiger partial charge in [0.25, 0.3) is 0 Å². The molecule has 0 radical (unpaired) electrons. The van der Waals surface area contributed by atoms with E-state index in [9.17, 15) is 5.26 Å². The lowest BCUT2D eigenvalue weighted by Crippen LogP contribution is -2.12. The molecular formula is C26H29N. The first-order valence-electron chi connectivity index (χ1n) is 10.3. The molecule has 2 aromatic rings. The van der Waals surface area contributed by atoms with Crippen LogP contribution in [-0.4, -0.2) is 0 Å². The van der Waals surface area contributed by atoms with Crippen LogP contribution in [-0.2, 0) is 6.42 Å². The molecule has 0 heterocycles. The molecule has 138 valence electrons. The van der Waals surface area contributed by atoms with Crippen molar-refractivity contribution in [3.05, 3.63) is 70.3 Å². The average Bonchev–Trinajstić information content (AvgIpc) is 2.72. The van der Waals surface area contributed by atoms with Crippen molar-refractivity contribution in [2.45, 2.75) is 64.7 Å². The number of benzene rings is 2. The fraction of sp³-hybridized carbons (Fsp3) is 0.423. The molecule has 1 heteroatoms. The molecular weight excluding hydrogens is 326 g/mol. The Labute approximate surface area is 164 Å². The molecule has 0 N–H and O–H groups in total. The van der Waals surface area contributed by atoms with Crippen LogP contribution in [0.25, 0.3) is 0 Å². The van der Waals surface area contributed by atoms with Crippen LogP contribution in [0.15, 0.2) is 42.5 Å². The van der Waals surface area contributed by atoms with E-state index in [-0.39, 0.29) is 0 Å². The van der Waals surface area contributed by atoms with Crippen molar-refractivity contribution in [1.29, 1.82) is 5.26 Å². The summed E-state index contributed by atoms with van der Waals surface area (Å²) in [7, 11) is 0. The summed E-state index contributed by atoms with van der Waals surface area (Å²) in [5.41, 5.74) is 5.73. The van der Waals surface area contributed by atoms with Gasteiger partial charge in [-0.05, 0) is 74.6 Å². The molecule has 27 heavy (non-hydrogen) atoms. The Morgan fingerprint density at radius 2 is 1.74 bits per heavy atom. The highest BCUT2D eigenvalue weighted by Crippen LogP contribution is 2.35. The molecule has 0 aliphatic heterocycles. The van der Waals surface area contributed by atoms with E-state index in [0.29, 0.717) is 11.8 Å².